The Balaban J connectivity index is 1.73. The fourth-order valence-corrected chi connectivity index (χ4v) is 4.26. The summed E-state index contributed by atoms with van der Waals surface area (Å²) in [7, 11) is 0. The molecule has 2 aromatic heterocycles. The van der Waals surface area contributed by atoms with Crippen molar-refractivity contribution >= 4 is 46.9 Å². The number of anilines is 1. The van der Waals surface area contributed by atoms with E-state index in [4.69, 9.17) is 33.7 Å². The summed E-state index contributed by atoms with van der Waals surface area (Å²) >= 11 is 14.3. The van der Waals surface area contributed by atoms with Crippen LogP contribution in [0.25, 0.3) is 11.3 Å². The number of hydrogen-bond acceptors (Lipinski definition) is 7. The molecule has 0 radical (unpaired) electrons. The molecule has 0 spiro atoms. The molecule has 7 nitrogen and oxygen atoms in total. The lowest BCUT2D eigenvalue weighted by Crippen LogP contribution is -2.13. The van der Waals surface area contributed by atoms with Crippen molar-refractivity contribution in [3.63, 3.8) is 0 Å². The Kier molecular flexibility index (Phi) is 5.34. The van der Waals surface area contributed by atoms with Crippen molar-refractivity contribution < 1.29 is 9.53 Å². The highest BCUT2D eigenvalue weighted by Gasteiger charge is 2.27. The molecule has 1 aromatic carbocycles. The molecule has 0 saturated carbocycles. The van der Waals surface area contributed by atoms with Crippen molar-refractivity contribution in [3.05, 3.63) is 50.0 Å². The van der Waals surface area contributed by atoms with E-state index in [9.17, 15) is 4.79 Å². The first-order valence-electron chi connectivity index (χ1n) is 8.40. The van der Waals surface area contributed by atoms with Gasteiger partial charge >= 0.3 is 0 Å². The Bertz CT molecular complexity index is 1030. The standard InChI is InChI=1S/C18H15Cl2N5O2S/c19-10-5-12(20)16(14(6-10)27-3-1-15-22-2-4-28-15)17-11-7-25(9-26)8-13(11)23-18(21)24-17/h2,4-6,9H,1,3,7-8H2,(H2,21,23,24). The fraction of sp³-hybridized carbons (Fsp3) is 0.222. The molecule has 1 amide bonds. The normalized spacial score (nSPS) is 12.9. The second-order valence-corrected chi connectivity index (χ2v) is 7.97. The second-order valence-electron chi connectivity index (χ2n) is 6.15. The van der Waals surface area contributed by atoms with Gasteiger partial charge in [0.05, 0.1) is 40.1 Å². The monoisotopic (exact) mass is 435 g/mol. The Morgan fingerprint density at radius 3 is 2.89 bits per heavy atom. The zero-order valence-corrected chi connectivity index (χ0v) is 16.9. The van der Waals surface area contributed by atoms with E-state index in [0.29, 0.717) is 58.9 Å². The lowest BCUT2D eigenvalue weighted by atomic mass is 10.0. The number of nitrogens with zero attached hydrogens (tertiary/aromatic N) is 4. The number of rotatable bonds is 6. The van der Waals surface area contributed by atoms with Crippen molar-refractivity contribution in [2.24, 2.45) is 0 Å². The third kappa shape index (κ3) is 3.76. The minimum absolute atomic E-state index is 0.112. The summed E-state index contributed by atoms with van der Waals surface area (Å²) < 4.78 is 5.99. The smallest absolute Gasteiger partial charge is 0.220 e. The van der Waals surface area contributed by atoms with E-state index in [1.54, 1.807) is 34.6 Å². The molecule has 1 aliphatic rings. The van der Waals surface area contributed by atoms with E-state index in [0.717, 1.165) is 17.0 Å². The quantitative estimate of drug-likeness (QED) is 0.594. The Morgan fingerprint density at radius 2 is 2.14 bits per heavy atom. The Labute approximate surface area is 175 Å². The van der Waals surface area contributed by atoms with Crippen LogP contribution in [-0.4, -0.2) is 32.9 Å². The lowest BCUT2D eigenvalue weighted by molar-refractivity contribution is -0.118. The van der Waals surface area contributed by atoms with Gasteiger partial charge < -0.3 is 15.4 Å². The van der Waals surface area contributed by atoms with Crippen molar-refractivity contribution in [1.82, 2.24) is 19.9 Å². The van der Waals surface area contributed by atoms with Crippen LogP contribution in [0.3, 0.4) is 0 Å². The van der Waals surface area contributed by atoms with Gasteiger partial charge in [-0.25, -0.2) is 15.0 Å². The summed E-state index contributed by atoms with van der Waals surface area (Å²) in [6.45, 7) is 1.16. The molecule has 0 fully saturated rings. The number of nitrogens with two attached hydrogens (primary N) is 1. The number of carbonyl (C=O) groups excluding carboxylic acids is 1. The van der Waals surface area contributed by atoms with Crippen LogP contribution in [0.2, 0.25) is 10.0 Å². The molecular weight excluding hydrogens is 421 g/mol. The predicted octanol–water partition coefficient (Wildman–Crippen LogP) is 3.58. The first-order valence-corrected chi connectivity index (χ1v) is 10.0. The topological polar surface area (TPSA) is 94.2 Å². The van der Waals surface area contributed by atoms with Gasteiger partial charge in [-0.15, -0.1) is 11.3 Å². The van der Waals surface area contributed by atoms with E-state index < -0.39 is 0 Å². The number of ether oxygens (including phenoxy) is 1. The first-order chi connectivity index (χ1) is 13.5. The summed E-state index contributed by atoms with van der Waals surface area (Å²) in [5.41, 5.74) is 8.55. The maximum absolute atomic E-state index is 11.2. The molecule has 4 rings (SSSR count). The molecule has 1 aliphatic heterocycles. The number of aromatic nitrogens is 3. The maximum atomic E-state index is 11.2. The molecular formula is C18H15Cl2N5O2S. The van der Waals surface area contributed by atoms with Gasteiger partial charge in [-0.1, -0.05) is 23.2 Å². The van der Waals surface area contributed by atoms with E-state index in [2.05, 4.69) is 15.0 Å². The number of nitrogen functional groups attached to an aromatic ring is 1. The van der Waals surface area contributed by atoms with Gasteiger partial charge in [0.2, 0.25) is 12.4 Å². The zero-order chi connectivity index (χ0) is 19.7. The van der Waals surface area contributed by atoms with E-state index in [1.165, 1.54) is 0 Å². The highest BCUT2D eigenvalue weighted by molar-refractivity contribution is 7.09. The van der Waals surface area contributed by atoms with Crippen LogP contribution in [0.15, 0.2) is 23.7 Å². The number of benzene rings is 1. The summed E-state index contributed by atoms with van der Waals surface area (Å²) in [5.74, 6) is 0.611. The average Bonchev–Trinajstić information content (AvgIpc) is 3.30. The molecule has 2 N–H and O–H groups in total. The molecule has 0 unspecified atom stereocenters. The molecule has 144 valence electrons. The number of hydrogen-bond donors (Lipinski definition) is 1. The summed E-state index contributed by atoms with van der Waals surface area (Å²) in [5, 5.41) is 3.74. The van der Waals surface area contributed by atoms with E-state index in [1.807, 2.05) is 5.38 Å². The number of thiazole rings is 1. The van der Waals surface area contributed by atoms with Gasteiger partial charge in [0, 0.05) is 35.1 Å². The molecule has 10 heteroatoms. The lowest BCUT2D eigenvalue weighted by Gasteiger charge is -2.15. The maximum Gasteiger partial charge on any atom is 0.220 e. The van der Waals surface area contributed by atoms with Crippen LogP contribution >= 0.6 is 34.5 Å². The largest absolute Gasteiger partial charge is 0.492 e. The van der Waals surface area contributed by atoms with Gasteiger partial charge in [-0.05, 0) is 12.1 Å². The van der Waals surface area contributed by atoms with Gasteiger partial charge in [0.1, 0.15) is 5.75 Å². The molecule has 0 bridgehead atoms. The minimum atomic E-state index is 0.112. The van der Waals surface area contributed by atoms with Crippen LogP contribution < -0.4 is 10.5 Å². The third-order valence-corrected chi connectivity index (χ3v) is 5.64. The van der Waals surface area contributed by atoms with Crippen LogP contribution in [-0.2, 0) is 24.3 Å². The van der Waals surface area contributed by atoms with Crippen LogP contribution in [0.5, 0.6) is 5.75 Å². The molecule has 3 heterocycles. The van der Waals surface area contributed by atoms with Crippen molar-refractivity contribution in [1.29, 1.82) is 0 Å². The number of amides is 1. The summed E-state index contributed by atoms with van der Waals surface area (Å²) in [6, 6.07) is 3.32. The number of fused-ring (bicyclic) bond motifs is 1. The fourth-order valence-electron chi connectivity index (χ4n) is 3.10. The predicted molar refractivity (Wildman–Crippen MR) is 109 cm³/mol. The van der Waals surface area contributed by atoms with Crippen molar-refractivity contribution in [2.75, 3.05) is 12.3 Å². The van der Waals surface area contributed by atoms with Crippen molar-refractivity contribution in [2.45, 2.75) is 19.5 Å². The number of halogens is 2. The Hall–Kier alpha value is -2.42. The van der Waals surface area contributed by atoms with Crippen LogP contribution in [0.4, 0.5) is 5.95 Å². The van der Waals surface area contributed by atoms with Crippen molar-refractivity contribution in [3.8, 4) is 17.0 Å². The molecule has 0 atom stereocenters. The minimum Gasteiger partial charge on any atom is -0.492 e. The Morgan fingerprint density at radius 1 is 1.29 bits per heavy atom. The summed E-state index contributed by atoms with van der Waals surface area (Å²) in [4.78, 5) is 25.7. The second kappa shape index (κ2) is 7.90. The third-order valence-electron chi connectivity index (χ3n) is 4.29. The van der Waals surface area contributed by atoms with Crippen LogP contribution in [0, 0.1) is 0 Å². The van der Waals surface area contributed by atoms with Gasteiger partial charge in [-0.2, -0.15) is 0 Å². The zero-order valence-electron chi connectivity index (χ0n) is 14.6. The van der Waals surface area contributed by atoms with Gasteiger partial charge in [-0.3, -0.25) is 4.79 Å². The first kappa shape index (κ1) is 18.9. The van der Waals surface area contributed by atoms with Gasteiger partial charge in [0.15, 0.2) is 0 Å². The highest BCUT2D eigenvalue weighted by Crippen LogP contribution is 2.42. The highest BCUT2D eigenvalue weighted by atomic mass is 35.5. The molecule has 0 aliphatic carbocycles. The van der Waals surface area contributed by atoms with E-state index >= 15 is 0 Å². The molecule has 28 heavy (non-hydrogen) atoms. The van der Waals surface area contributed by atoms with E-state index in [-0.39, 0.29) is 5.95 Å². The molecule has 0 saturated heterocycles. The average molecular weight is 436 g/mol. The number of carbonyl (C=O) groups is 1. The molecule has 3 aromatic rings. The van der Waals surface area contributed by atoms with Gasteiger partial charge in [0.25, 0.3) is 0 Å². The SMILES string of the molecule is Nc1nc2c(c(-c3c(Cl)cc(Cl)cc3OCCc3nccs3)n1)CN(C=O)C2. The summed E-state index contributed by atoms with van der Waals surface area (Å²) in [6.07, 6.45) is 3.19. The van der Waals surface area contributed by atoms with Crippen LogP contribution in [0.1, 0.15) is 16.3 Å².